The summed E-state index contributed by atoms with van der Waals surface area (Å²) in [6.45, 7) is 4.94. The van der Waals surface area contributed by atoms with Crippen LogP contribution in [0.3, 0.4) is 0 Å². The minimum Gasteiger partial charge on any atom is -0.457 e. The Morgan fingerprint density at radius 1 is 0.976 bits per heavy atom. The molecular formula is C32H38ClN5O4. The number of carbonyl (C=O) groups is 2. The molecule has 0 aromatic heterocycles. The molecule has 10 heteroatoms. The first kappa shape index (κ1) is 29.7. The SMILES string of the molecule is NC1CCN(C(=O)CN(CC(=O)NCCc2ccccc2N2CCOCC2)c2ccc(Oc3cccc(Cl)c3)cc2)C1. The van der Waals surface area contributed by atoms with Gasteiger partial charge in [-0.2, -0.15) is 0 Å². The lowest BCUT2D eigenvalue weighted by molar-refractivity contribution is -0.128. The van der Waals surface area contributed by atoms with Crippen molar-refractivity contribution >= 4 is 34.8 Å². The van der Waals surface area contributed by atoms with E-state index in [-0.39, 0.29) is 30.9 Å². The highest BCUT2D eigenvalue weighted by Crippen LogP contribution is 2.27. The first-order valence-electron chi connectivity index (χ1n) is 14.4. The van der Waals surface area contributed by atoms with Gasteiger partial charge in [0.1, 0.15) is 11.5 Å². The van der Waals surface area contributed by atoms with Crippen LogP contribution in [0.15, 0.2) is 72.8 Å². The van der Waals surface area contributed by atoms with Crippen LogP contribution in [0.1, 0.15) is 12.0 Å². The van der Waals surface area contributed by atoms with Crippen LogP contribution in [-0.2, 0) is 20.7 Å². The molecule has 3 aromatic carbocycles. The summed E-state index contributed by atoms with van der Waals surface area (Å²) in [6.07, 6.45) is 1.49. The lowest BCUT2D eigenvalue weighted by Crippen LogP contribution is -2.44. The van der Waals surface area contributed by atoms with E-state index in [1.165, 1.54) is 11.3 Å². The molecule has 0 saturated carbocycles. The molecular weight excluding hydrogens is 554 g/mol. The molecule has 9 nitrogen and oxygen atoms in total. The number of nitrogens with two attached hydrogens (primary N) is 1. The number of halogens is 1. The fraction of sp³-hybridized carbons (Fsp3) is 0.375. The Kier molecular flexibility index (Phi) is 10.2. The normalized spacial score (nSPS) is 16.8. The molecule has 2 aliphatic heterocycles. The van der Waals surface area contributed by atoms with Crippen LogP contribution in [0, 0.1) is 0 Å². The maximum atomic E-state index is 13.1. The first-order valence-corrected chi connectivity index (χ1v) is 14.8. The van der Waals surface area contributed by atoms with E-state index in [0.717, 1.165) is 38.4 Å². The van der Waals surface area contributed by atoms with E-state index in [9.17, 15) is 9.59 Å². The number of ether oxygens (including phenoxy) is 2. The maximum Gasteiger partial charge on any atom is 0.242 e. The molecule has 2 fully saturated rings. The van der Waals surface area contributed by atoms with E-state index >= 15 is 0 Å². The molecule has 3 N–H and O–H groups in total. The van der Waals surface area contributed by atoms with Crippen molar-refractivity contribution in [3.05, 3.63) is 83.4 Å². The topological polar surface area (TPSA) is 100 Å². The highest BCUT2D eigenvalue weighted by molar-refractivity contribution is 6.30. The average Bonchev–Trinajstić information content (AvgIpc) is 3.44. The predicted octanol–water partition coefficient (Wildman–Crippen LogP) is 3.69. The number of hydrogen-bond acceptors (Lipinski definition) is 7. The Morgan fingerprint density at radius 2 is 1.76 bits per heavy atom. The van der Waals surface area contributed by atoms with Gasteiger partial charge in [-0.1, -0.05) is 35.9 Å². The number of para-hydroxylation sites is 1. The molecule has 2 aliphatic rings. The third-order valence-electron chi connectivity index (χ3n) is 7.53. The highest BCUT2D eigenvalue weighted by Gasteiger charge is 2.26. The summed E-state index contributed by atoms with van der Waals surface area (Å²) in [5.74, 6) is 1.06. The van der Waals surface area contributed by atoms with Crippen LogP contribution in [0.5, 0.6) is 11.5 Å². The minimum absolute atomic E-state index is 0.00559. The van der Waals surface area contributed by atoms with E-state index in [1.54, 1.807) is 21.9 Å². The number of morpholine rings is 1. The average molecular weight is 592 g/mol. The van der Waals surface area contributed by atoms with Gasteiger partial charge in [-0.05, 0) is 66.9 Å². The lowest BCUT2D eigenvalue weighted by atomic mass is 10.1. The van der Waals surface area contributed by atoms with E-state index in [4.69, 9.17) is 26.8 Å². The van der Waals surface area contributed by atoms with Gasteiger partial charge in [0.05, 0.1) is 26.3 Å². The Balaban J connectivity index is 1.22. The Morgan fingerprint density at radius 3 is 2.50 bits per heavy atom. The predicted molar refractivity (Wildman–Crippen MR) is 166 cm³/mol. The summed E-state index contributed by atoms with van der Waals surface area (Å²) >= 11 is 6.08. The zero-order chi connectivity index (χ0) is 29.3. The van der Waals surface area contributed by atoms with Crippen molar-refractivity contribution in [2.24, 2.45) is 5.73 Å². The minimum atomic E-state index is -0.149. The molecule has 0 radical (unpaired) electrons. The summed E-state index contributed by atoms with van der Waals surface area (Å²) in [5.41, 5.74) is 9.15. The van der Waals surface area contributed by atoms with Crippen LogP contribution in [0.2, 0.25) is 5.02 Å². The number of carbonyl (C=O) groups excluding carboxylic acids is 2. The first-order chi connectivity index (χ1) is 20.4. The second kappa shape index (κ2) is 14.4. The molecule has 5 rings (SSSR count). The van der Waals surface area contributed by atoms with Gasteiger partial charge >= 0.3 is 0 Å². The number of hydrogen-bond donors (Lipinski definition) is 2. The second-order valence-electron chi connectivity index (χ2n) is 10.6. The van der Waals surface area contributed by atoms with Gasteiger partial charge in [0, 0.05) is 55.2 Å². The largest absolute Gasteiger partial charge is 0.457 e. The third kappa shape index (κ3) is 8.15. The van der Waals surface area contributed by atoms with Gasteiger partial charge in [-0.3, -0.25) is 9.59 Å². The Bertz CT molecular complexity index is 1350. The molecule has 2 amide bonds. The molecule has 0 aliphatic carbocycles. The van der Waals surface area contributed by atoms with Crippen molar-refractivity contribution in [1.29, 1.82) is 0 Å². The summed E-state index contributed by atoms with van der Waals surface area (Å²) in [7, 11) is 0. The van der Waals surface area contributed by atoms with Crippen molar-refractivity contribution in [3.8, 4) is 11.5 Å². The van der Waals surface area contributed by atoms with Crippen molar-refractivity contribution < 1.29 is 19.1 Å². The summed E-state index contributed by atoms with van der Waals surface area (Å²) in [6, 6.07) is 22.8. The van der Waals surface area contributed by atoms with Gasteiger partial charge in [0.15, 0.2) is 0 Å². The van der Waals surface area contributed by atoms with E-state index < -0.39 is 0 Å². The van der Waals surface area contributed by atoms with Gasteiger partial charge < -0.3 is 35.2 Å². The number of likely N-dealkylation sites (tertiary alicyclic amines) is 1. The highest BCUT2D eigenvalue weighted by atomic mass is 35.5. The van der Waals surface area contributed by atoms with Crippen LogP contribution in [0.4, 0.5) is 11.4 Å². The van der Waals surface area contributed by atoms with Crippen molar-refractivity contribution in [3.63, 3.8) is 0 Å². The van der Waals surface area contributed by atoms with Crippen LogP contribution in [0.25, 0.3) is 0 Å². The monoisotopic (exact) mass is 591 g/mol. The molecule has 3 aromatic rings. The van der Waals surface area contributed by atoms with E-state index in [1.807, 2.05) is 48.5 Å². The van der Waals surface area contributed by atoms with Gasteiger partial charge in [0.2, 0.25) is 11.8 Å². The molecule has 1 atom stereocenters. The number of amides is 2. The Hall–Kier alpha value is -3.79. The number of benzene rings is 3. The third-order valence-corrected chi connectivity index (χ3v) is 7.77. The zero-order valence-corrected chi connectivity index (χ0v) is 24.5. The molecule has 0 spiro atoms. The quantitative estimate of drug-likeness (QED) is 0.351. The van der Waals surface area contributed by atoms with Gasteiger partial charge in [-0.15, -0.1) is 0 Å². The summed E-state index contributed by atoms with van der Waals surface area (Å²) in [5, 5.41) is 3.64. The number of nitrogens with one attached hydrogen (secondary N) is 1. The summed E-state index contributed by atoms with van der Waals surface area (Å²) < 4.78 is 11.4. The van der Waals surface area contributed by atoms with Crippen LogP contribution >= 0.6 is 11.6 Å². The molecule has 222 valence electrons. The number of nitrogens with zero attached hydrogens (tertiary/aromatic N) is 3. The fourth-order valence-electron chi connectivity index (χ4n) is 5.31. The zero-order valence-electron chi connectivity index (χ0n) is 23.7. The smallest absolute Gasteiger partial charge is 0.242 e. The van der Waals surface area contributed by atoms with E-state index in [0.29, 0.717) is 42.6 Å². The number of rotatable bonds is 11. The lowest BCUT2D eigenvalue weighted by Gasteiger charge is -2.30. The number of anilines is 2. The van der Waals surface area contributed by atoms with Crippen LogP contribution < -0.4 is 25.6 Å². The summed E-state index contributed by atoms with van der Waals surface area (Å²) in [4.78, 5) is 32.2. The maximum absolute atomic E-state index is 13.1. The van der Waals surface area contributed by atoms with Crippen LogP contribution in [-0.4, -0.2) is 81.8 Å². The standard InChI is InChI=1S/C32H38ClN5O4/c33-25-5-3-6-29(20-25)42-28-10-8-27(9-11-28)38(23-32(40)37-15-13-26(34)21-37)22-31(39)35-14-12-24-4-1-2-7-30(24)36-16-18-41-19-17-36/h1-11,20,26H,12-19,21-23,34H2,(H,35,39). The molecule has 2 saturated heterocycles. The Labute approximate surface area is 252 Å². The molecule has 42 heavy (non-hydrogen) atoms. The van der Waals surface area contributed by atoms with Gasteiger partial charge in [0.25, 0.3) is 0 Å². The van der Waals surface area contributed by atoms with Gasteiger partial charge in [-0.25, -0.2) is 0 Å². The fourth-order valence-corrected chi connectivity index (χ4v) is 5.49. The van der Waals surface area contributed by atoms with Crippen molar-refractivity contribution in [2.45, 2.75) is 18.9 Å². The molecule has 1 unspecified atom stereocenters. The molecule has 0 bridgehead atoms. The second-order valence-corrected chi connectivity index (χ2v) is 11.1. The molecule has 2 heterocycles. The van der Waals surface area contributed by atoms with E-state index in [2.05, 4.69) is 22.3 Å². The van der Waals surface area contributed by atoms with Crippen molar-refractivity contribution in [1.82, 2.24) is 10.2 Å². The van der Waals surface area contributed by atoms with Crippen molar-refractivity contribution in [2.75, 3.05) is 68.8 Å².